The van der Waals surface area contributed by atoms with E-state index >= 15 is 0 Å². The second-order valence-corrected chi connectivity index (χ2v) is 5.91. The normalized spacial score (nSPS) is 11.0. The average Bonchev–Trinajstić information content (AvgIpc) is 2.86. The standard InChI is InChI=1S/C16H21ClN4O/c1-12-11-15(16(22)18-9-4-10-20(2)3)19-21(12)14-7-5-13(17)6-8-14/h5-8,11H,4,9-10H2,1-3H3,(H,18,22). The summed E-state index contributed by atoms with van der Waals surface area (Å²) in [6.07, 6.45) is 0.912. The Morgan fingerprint density at radius 2 is 2.00 bits per heavy atom. The minimum atomic E-state index is -0.144. The third-order valence-corrected chi connectivity index (χ3v) is 3.51. The van der Waals surface area contributed by atoms with Crippen molar-refractivity contribution >= 4 is 17.5 Å². The first-order valence-electron chi connectivity index (χ1n) is 7.23. The molecule has 0 saturated heterocycles. The molecule has 0 saturated carbocycles. The van der Waals surface area contributed by atoms with Crippen molar-refractivity contribution in [3.8, 4) is 5.69 Å². The molecule has 0 atom stereocenters. The molecule has 0 aliphatic heterocycles. The van der Waals surface area contributed by atoms with E-state index in [-0.39, 0.29) is 5.91 Å². The van der Waals surface area contributed by atoms with Gasteiger partial charge in [-0.25, -0.2) is 4.68 Å². The number of carbonyl (C=O) groups is 1. The molecule has 0 bridgehead atoms. The summed E-state index contributed by atoms with van der Waals surface area (Å²) in [7, 11) is 4.03. The molecule has 1 heterocycles. The van der Waals surface area contributed by atoms with Gasteiger partial charge in [0.1, 0.15) is 0 Å². The zero-order valence-electron chi connectivity index (χ0n) is 13.1. The Kier molecular flexibility index (Phi) is 5.57. The largest absolute Gasteiger partial charge is 0.351 e. The first-order valence-corrected chi connectivity index (χ1v) is 7.60. The van der Waals surface area contributed by atoms with Gasteiger partial charge in [-0.15, -0.1) is 0 Å². The molecular formula is C16H21ClN4O. The molecule has 5 nitrogen and oxygen atoms in total. The molecule has 0 fully saturated rings. The predicted octanol–water partition coefficient (Wildman–Crippen LogP) is 2.52. The van der Waals surface area contributed by atoms with Gasteiger partial charge in [-0.3, -0.25) is 4.79 Å². The number of nitrogens with zero attached hydrogens (tertiary/aromatic N) is 3. The van der Waals surface area contributed by atoms with Crippen LogP contribution >= 0.6 is 11.6 Å². The molecule has 0 aliphatic carbocycles. The van der Waals surface area contributed by atoms with Crippen LogP contribution in [0.5, 0.6) is 0 Å². The molecule has 22 heavy (non-hydrogen) atoms. The predicted molar refractivity (Wildman–Crippen MR) is 88.8 cm³/mol. The number of rotatable bonds is 6. The van der Waals surface area contributed by atoms with Crippen LogP contribution in [0, 0.1) is 6.92 Å². The fourth-order valence-electron chi connectivity index (χ4n) is 2.12. The lowest BCUT2D eigenvalue weighted by Crippen LogP contribution is -2.27. The van der Waals surface area contributed by atoms with Gasteiger partial charge in [0, 0.05) is 17.3 Å². The Morgan fingerprint density at radius 1 is 1.32 bits per heavy atom. The minimum Gasteiger partial charge on any atom is -0.351 e. The van der Waals surface area contributed by atoms with Gasteiger partial charge in [-0.2, -0.15) is 5.10 Å². The number of aryl methyl sites for hydroxylation is 1. The van der Waals surface area contributed by atoms with Crippen molar-refractivity contribution in [3.05, 3.63) is 46.7 Å². The zero-order valence-corrected chi connectivity index (χ0v) is 13.9. The van der Waals surface area contributed by atoms with Gasteiger partial charge in [0.05, 0.1) is 5.69 Å². The number of halogens is 1. The Labute approximate surface area is 135 Å². The van der Waals surface area contributed by atoms with E-state index in [1.807, 2.05) is 33.2 Å². The maximum Gasteiger partial charge on any atom is 0.271 e. The van der Waals surface area contributed by atoms with Crippen LogP contribution in [0.1, 0.15) is 22.6 Å². The third kappa shape index (κ3) is 4.32. The van der Waals surface area contributed by atoms with Crippen LogP contribution in [-0.2, 0) is 0 Å². The summed E-state index contributed by atoms with van der Waals surface area (Å²) in [6, 6.07) is 9.15. The maximum atomic E-state index is 12.1. The number of carbonyl (C=O) groups excluding carboxylic acids is 1. The molecule has 0 radical (unpaired) electrons. The Hall–Kier alpha value is -1.85. The maximum absolute atomic E-state index is 12.1. The summed E-state index contributed by atoms with van der Waals surface area (Å²) in [5.74, 6) is -0.144. The highest BCUT2D eigenvalue weighted by Gasteiger charge is 2.12. The van der Waals surface area contributed by atoms with Crippen LogP contribution in [0.25, 0.3) is 5.69 Å². The number of hydrogen-bond donors (Lipinski definition) is 1. The SMILES string of the molecule is Cc1cc(C(=O)NCCCN(C)C)nn1-c1ccc(Cl)cc1. The molecule has 118 valence electrons. The molecule has 2 aromatic rings. The lowest BCUT2D eigenvalue weighted by molar-refractivity contribution is 0.0947. The highest BCUT2D eigenvalue weighted by molar-refractivity contribution is 6.30. The lowest BCUT2D eigenvalue weighted by Gasteiger charge is -2.09. The highest BCUT2D eigenvalue weighted by atomic mass is 35.5. The summed E-state index contributed by atoms with van der Waals surface area (Å²) in [5.41, 5.74) is 2.21. The van der Waals surface area contributed by atoms with Crippen molar-refractivity contribution < 1.29 is 4.79 Å². The van der Waals surface area contributed by atoms with E-state index < -0.39 is 0 Å². The summed E-state index contributed by atoms with van der Waals surface area (Å²) >= 11 is 5.89. The fourth-order valence-corrected chi connectivity index (χ4v) is 2.24. The van der Waals surface area contributed by atoms with Crippen molar-refractivity contribution in [1.29, 1.82) is 0 Å². The average molecular weight is 321 g/mol. The lowest BCUT2D eigenvalue weighted by atomic mass is 10.3. The molecule has 0 aliphatic rings. The quantitative estimate of drug-likeness (QED) is 0.832. The van der Waals surface area contributed by atoms with Crippen LogP contribution in [-0.4, -0.2) is 47.8 Å². The van der Waals surface area contributed by atoms with Crippen molar-refractivity contribution in [2.75, 3.05) is 27.2 Å². The monoisotopic (exact) mass is 320 g/mol. The molecule has 1 aromatic carbocycles. The van der Waals surface area contributed by atoms with Gasteiger partial charge >= 0.3 is 0 Å². The van der Waals surface area contributed by atoms with Gasteiger partial charge in [0.2, 0.25) is 0 Å². The second-order valence-electron chi connectivity index (χ2n) is 5.47. The molecule has 0 unspecified atom stereocenters. The van der Waals surface area contributed by atoms with Crippen LogP contribution in [0.2, 0.25) is 5.02 Å². The van der Waals surface area contributed by atoms with Crippen LogP contribution in [0.4, 0.5) is 0 Å². The van der Waals surface area contributed by atoms with Crippen molar-refractivity contribution in [2.45, 2.75) is 13.3 Å². The number of hydrogen-bond acceptors (Lipinski definition) is 3. The Bertz CT molecular complexity index is 634. The molecule has 0 spiro atoms. The van der Waals surface area contributed by atoms with Crippen molar-refractivity contribution in [1.82, 2.24) is 20.0 Å². The minimum absolute atomic E-state index is 0.144. The van der Waals surface area contributed by atoms with Crippen LogP contribution in [0.15, 0.2) is 30.3 Å². The summed E-state index contributed by atoms with van der Waals surface area (Å²) in [4.78, 5) is 14.2. The second kappa shape index (κ2) is 7.42. The van der Waals surface area contributed by atoms with Gasteiger partial charge in [-0.05, 0) is 64.3 Å². The van der Waals surface area contributed by atoms with E-state index in [0.717, 1.165) is 24.3 Å². The Balaban J connectivity index is 2.02. The molecule has 2 rings (SSSR count). The summed E-state index contributed by atoms with van der Waals surface area (Å²) < 4.78 is 1.74. The van der Waals surface area contributed by atoms with E-state index in [1.54, 1.807) is 22.9 Å². The molecule has 1 N–H and O–H groups in total. The van der Waals surface area contributed by atoms with E-state index in [9.17, 15) is 4.79 Å². The van der Waals surface area contributed by atoms with E-state index in [4.69, 9.17) is 11.6 Å². The summed E-state index contributed by atoms with van der Waals surface area (Å²) in [5, 5.41) is 7.94. The topological polar surface area (TPSA) is 50.2 Å². The third-order valence-electron chi connectivity index (χ3n) is 3.26. The first kappa shape index (κ1) is 16.5. The number of benzene rings is 1. The van der Waals surface area contributed by atoms with E-state index in [1.165, 1.54) is 0 Å². The van der Waals surface area contributed by atoms with Crippen molar-refractivity contribution in [2.24, 2.45) is 0 Å². The van der Waals surface area contributed by atoms with E-state index in [0.29, 0.717) is 17.3 Å². The Morgan fingerprint density at radius 3 is 2.64 bits per heavy atom. The van der Waals surface area contributed by atoms with Gasteiger partial charge in [0.15, 0.2) is 5.69 Å². The molecule has 1 amide bonds. The van der Waals surface area contributed by atoms with Crippen LogP contribution < -0.4 is 5.32 Å². The number of amides is 1. The molecular weight excluding hydrogens is 300 g/mol. The fraction of sp³-hybridized carbons (Fsp3) is 0.375. The van der Waals surface area contributed by atoms with E-state index in [2.05, 4.69) is 15.3 Å². The van der Waals surface area contributed by atoms with Gasteiger partial charge in [-0.1, -0.05) is 11.6 Å². The first-order chi connectivity index (χ1) is 10.5. The molecule has 1 aromatic heterocycles. The highest BCUT2D eigenvalue weighted by Crippen LogP contribution is 2.15. The van der Waals surface area contributed by atoms with Crippen LogP contribution in [0.3, 0.4) is 0 Å². The zero-order chi connectivity index (χ0) is 16.1. The van der Waals surface area contributed by atoms with Gasteiger partial charge < -0.3 is 10.2 Å². The van der Waals surface area contributed by atoms with Gasteiger partial charge in [0.25, 0.3) is 5.91 Å². The smallest absolute Gasteiger partial charge is 0.271 e. The number of nitrogens with one attached hydrogen (secondary N) is 1. The summed E-state index contributed by atoms with van der Waals surface area (Å²) in [6.45, 7) is 3.51. The van der Waals surface area contributed by atoms with Crippen molar-refractivity contribution in [3.63, 3.8) is 0 Å². The number of aromatic nitrogens is 2. The molecule has 6 heteroatoms.